The van der Waals surface area contributed by atoms with Gasteiger partial charge in [0.2, 0.25) is 15.9 Å². The van der Waals surface area contributed by atoms with Crippen molar-refractivity contribution in [2.45, 2.75) is 11.8 Å². The fourth-order valence-corrected chi connectivity index (χ4v) is 4.27. The van der Waals surface area contributed by atoms with Gasteiger partial charge in [-0.2, -0.15) is 0 Å². The molecule has 0 aliphatic carbocycles. The molecule has 4 aromatic heterocycles. The van der Waals surface area contributed by atoms with Gasteiger partial charge in [0.05, 0.1) is 30.7 Å². The minimum atomic E-state index is -3.49. The molecular weight excluding hydrogens is 438 g/mol. The second-order valence-electron chi connectivity index (χ2n) is 7.45. The van der Waals surface area contributed by atoms with E-state index in [4.69, 9.17) is 9.72 Å². The molecule has 9 heteroatoms. The summed E-state index contributed by atoms with van der Waals surface area (Å²) in [5.41, 5.74) is 3.25. The zero-order valence-corrected chi connectivity index (χ0v) is 19.0. The van der Waals surface area contributed by atoms with Gasteiger partial charge in [-0.05, 0) is 41.5 Å². The molecule has 0 aromatic carbocycles. The molecular formula is C24H23N5O3S. The minimum absolute atomic E-state index is 0.235. The van der Waals surface area contributed by atoms with Gasteiger partial charge in [-0.1, -0.05) is 24.3 Å². The first-order chi connectivity index (χ1) is 15.9. The zero-order chi connectivity index (χ0) is 23.3. The normalized spacial score (nSPS) is 12.3. The van der Waals surface area contributed by atoms with Gasteiger partial charge in [-0.15, -0.1) is 0 Å². The highest BCUT2D eigenvalue weighted by Gasteiger charge is 2.31. The number of nitrogens with zero attached hydrogens (tertiary/aromatic N) is 4. The van der Waals surface area contributed by atoms with Crippen LogP contribution >= 0.6 is 0 Å². The molecule has 0 bridgehead atoms. The molecule has 1 atom stereocenters. The van der Waals surface area contributed by atoms with Crippen molar-refractivity contribution in [2.75, 3.05) is 18.1 Å². The van der Waals surface area contributed by atoms with Gasteiger partial charge in [0.1, 0.15) is 5.82 Å². The number of aromatic nitrogens is 4. The number of methoxy groups -OCH3 is 1. The molecule has 0 spiro atoms. The number of nitrogens with one attached hydrogen (secondary N) is 1. The lowest BCUT2D eigenvalue weighted by Crippen LogP contribution is -2.19. The van der Waals surface area contributed by atoms with Crippen LogP contribution < -0.4 is 9.46 Å². The van der Waals surface area contributed by atoms with E-state index in [1.54, 1.807) is 37.7 Å². The number of pyridine rings is 4. The van der Waals surface area contributed by atoms with Crippen molar-refractivity contribution in [1.29, 1.82) is 0 Å². The van der Waals surface area contributed by atoms with Crippen molar-refractivity contribution in [3.8, 4) is 5.88 Å². The maximum Gasteiger partial charge on any atom is 0.230 e. The van der Waals surface area contributed by atoms with Crippen molar-refractivity contribution in [3.63, 3.8) is 0 Å². The molecule has 0 fully saturated rings. The fourth-order valence-electron chi connectivity index (χ4n) is 3.78. The summed E-state index contributed by atoms with van der Waals surface area (Å²) in [5.74, 6) is 0.0841. The van der Waals surface area contributed by atoms with Crippen molar-refractivity contribution in [3.05, 3.63) is 108 Å². The summed E-state index contributed by atoms with van der Waals surface area (Å²) in [4.78, 5) is 18.0. The van der Waals surface area contributed by atoms with Gasteiger partial charge in [-0.25, -0.2) is 18.4 Å². The fraction of sp³-hybridized carbons (Fsp3) is 0.167. The molecule has 33 heavy (non-hydrogen) atoms. The van der Waals surface area contributed by atoms with Crippen LogP contribution in [0.15, 0.2) is 85.5 Å². The van der Waals surface area contributed by atoms with Crippen LogP contribution in [0.1, 0.15) is 34.4 Å². The molecule has 0 saturated heterocycles. The Hall–Kier alpha value is -3.85. The summed E-state index contributed by atoms with van der Waals surface area (Å²) in [7, 11) is -1.92. The first kappa shape index (κ1) is 22.3. The Bertz CT molecular complexity index is 1280. The number of sulfonamides is 1. The van der Waals surface area contributed by atoms with E-state index in [1.807, 2.05) is 54.9 Å². The summed E-state index contributed by atoms with van der Waals surface area (Å²) < 4.78 is 31.5. The maximum atomic E-state index is 11.8. The molecule has 8 nitrogen and oxygen atoms in total. The van der Waals surface area contributed by atoms with E-state index in [2.05, 4.69) is 19.7 Å². The Labute approximate surface area is 192 Å². The van der Waals surface area contributed by atoms with Gasteiger partial charge in [0, 0.05) is 36.8 Å². The van der Waals surface area contributed by atoms with E-state index in [-0.39, 0.29) is 17.7 Å². The van der Waals surface area contributed by atoms with Crippen molar-refractivity contribution in [2.24, 2.45) is 0 Å². The number of hydrogen-bond donors (Lipinski definition) is 1. The molecule has 1 N–H and O–H groups in total. The van der Waals surface area contributed by atoms with Crippen molar-refractivity contribution >= 4 is 15.8 Å². The maximum absolute atomic E-state index is 11.8. The Balaban J connectivity index is 1.94. The summed E-state index contributed by atoms with van der Waals surface area (Å²) in [5, 5.41) is 0. The third-order valence-electron chi connectivity index (χ3n) is 5.07. The average Bonchev–Trinajstić information content (AvgIpc) is 2.82. The second-order valence-corrected chi connectivity index (χ2v) is 9.20. The van der Waals surface area contributed by atoms with Crippen LogP contribution in [-0.2, 0) is 10.0 Å². The highest BCUT2D eigenvalue weighted by molar-refractivity contribution is 7.92. The third-order valence-corrected chi connectivity index (χ3v) is 5.65. The van der Waals surface area contributed by atoms with Crippen molar-refractivity contribution < 1.29 is 13.2 Å². The summed E-state index contributed by atoms with van der Waals surface area (Å²) in [6.45, 7) is 0. The van der Waals surface area contributed by atoms with E-state index >= 15 is 0 Å². The van der Waals surface area contributed by atoms with E-state index in [0.717, 1.165) is 23.1 Å². The predicted molar refractivity (Wildman–Crippen MR) is 126 cm³/mol. The van der Waals surface area contributed by atoms with E-state index in [0.29, 0.717) is 11.6 Å². The lowest BCUT2D eigenvalue weighted by Gasteiger charge is -2.27. The number of anilines is 1. The van der Waals surface area contributed by atoms with Gasteiger partial charge in [0.25, 0.3) is 0 Å². The Kier molecular flexibility index (Phi) is 6.60. The Morgan fingerprint density at radius 1 is 0.788 bits per heavy atom. The molecule has 4 heterocycles. The molecule has 4 aromatic rings. The smallest absolute Gasteiger partial charge is 0.230 e. The number of ether oxygens (including phenoxy) is 1. The predicted octanol–water partition coefficient (Wildman–Crippen LogP) is 3.61. The molecule has 0 aliphatic rings. The van der Waals surface area contributed by atoms with Gasteiger partial charge in [-0.3, -0.25) is 14.7 Å². The highest BCUT2D eigenvalue weighted by Crippen LogP contribution is 2.41. The molecule has 0 saturated carbocycles. The van der Waals surface area contributed by atoms with Crippen LogP contribution in [0.3, 0.4) is 0 Å². The molecule has 0 amide bonds. The van der Waals surface area contributed by atoms with Gasteiger partial charge < -0.3 is 4.74 Å². The zero-order valence-electron chi connectivity index (χ0n) is 18.2. The first-order valence-corrected chi connectivity index (χ1v) is 12.1. The topological polar surface area (TPSA) is 107 Å². The third kappa shape index (κ3) is 5.50. The summed E-state index contributed by atoms with van der Waals surface area (Å²) in [6.07, 6.45) is 8.15. The van der Waals surface area contributed by atoms with Crippen LogP contribution in [0.25, 0.3) is 0 Å². The second kappa shape index (κ2) is 9.74. The minimum Gasteiger partial charge on any atom is -0.481 e. The quantitative estimate of drug-likeness (QED) is 0.427. The molecule has 0 aliphatic heterocycles. The lowest BCUT2D eigenvalue weighted by molar-refractivity contribution is 0.395. The van der Waals surface area contributed by atoms with Crippen LogP contribution in [-0.4, -0.2) is 41.7 Å². The van der Waals surface area contributed by atoms with Crippen LogP contribution in [0.2, 0.25) is 0 Å². The van der Waals surface area contributed by atoms with Crippen molar-refractivity contribution in [1.82, 2.24) is 19.9 Å². The molecule has 0 unspecified atom stereocenters. The van der Waals surface area contributed by atoms with E-state index in [9.17, 15) is 8.42 Å². The lowest BCUT2D eigenvalue weighted by atomic mass is 9.78. The number of hydrogen-bond acceptors (Lipinski definition) is 7. The monoisotopic (exact) mass is 461 g/mol. The highest BCUT2D eigenvalue weighted by atomic mass is 32.2. The van der Waals surface area contributed by atoms with Crippen LogP contribution in [0.5, 0.6) is 5.88 Å². The number of rotatable bonds is 8. The summed E-state index contributed by atoms with van der Waals surface area (Å²) >= 11 is 0. The summed E-state index contributed by atoms with van der Waals surface area (Å²) in [6, 6.07) is 18.6. The van der Waals surface area contributed by atoms with E-state index < -0.39 is 10.0 Å². The molecule has 0 radical (unpaired) electrons. The largest absolute Gasteiger partial charge is 0.481 e. The van der Waals surface area contributed by atoms with E-state index in [1.165, 1.54) is 0 Å². The SMILES string of the molecule is COc1cccc([C@@H](c2cccc(NS(C)(=O)=O)n2)C(c2cccnc2)c2cccnc2)n1. The molecule has 168 valence electrons. The Morgan fingerprint density at radius 3 is 1.94 bits per heavy atom. The first-order valence-electron chi connectivity index (χ1n) is 10.2. The van der Waals surface area contributed by atoms with Gasteiger partial charge in [0.15, 0.2) is 0 Å². The van der Waals surface area contributed by atoms with Gasteiger partial charge >= 0.3 is 0 Å². The molecule has 4 rings (SSSR count). The van der Waals surface area contributed by atoms with Crippen LogP contribution in [0.4, 0.5) is 5.82 Å². The average molecular weight is 462 g/mol. The Morgan fingerprint density at radius 2 is 1.39 bits per heavy atom. The standard InChI is InChI=1S/C24H23N5O3S/c1-32-22-12-4-10-20(28-22)24(19-9-3-11-21(27-19)29-33(2,30)31)23(17-7-5-13-25-15-17)18-8-6-14-26-16-18/h3-16,23-24H,1-2H3,(H,27,29)/t24-/m1/s1. The van der Waals surface area contributed by atoms with Crippen LogP contribution in [0, 0.1) is 0 Å².